The van der Waals surface area contributed by atoms with Crippen LogP contribution in [0, 0.1) is 0 Å². The second-order valence-corrected chi connectivity index (χ2v) is 4.71. The Morgan fingerprint density at radius 1 is 1.30 bits per heavy atom. The van der Waals surface area contributed by atoms with Crippen LogP contribution in [-0.4, -0.2) is 31.5 Å². The molecule has 20 heavy (non-hydrogen) atoms. The first-order valence-corrected chi connectivity index (χ1v) is 7.09. The Hall–Kier alpha value is -0.840. The van der Waals surface area contributed by atoms with Crippen LogP contribution in [0.5, 0.6) is 0 Å². The third-order valence-corrected chi connectivity index (χ3v) is 3.12. The number of aliphatic imine (C=N–C) groups is 2. The van der Waals surface area contributed by atoms with E-state index in [-0.39, 0.29) is 5.29 Å². The van der Waals surface area contributed by atoms with Gasteiger partial charge in [0.05, 0.1) is 12.1 Å². The minimum Gasteiger partial charge on any atom is -0.500 e. The van der Waals surface area contributed by atoms with Crippen LogP contribution in [0.4, 0.5) is 0 Å². The van der Waals surface area contributed by atoms with Crippen LogP contribution in [0.3, 0.4) is 0 Å². The van der Waals surface area contributed by atoms with E-state index in [9.17, 15) is 0 Å². The van der Waals surface area contributed by atoms with E-state index in [1.807, 2.05) is 26.0 Å². The minimum absolute atomic E-state index is 0.145. The first kappa shape index (κ1) is 19.2. The average molecular weight is 321 g/mol. The summed E-state index contributed by atoms with van der Waals surface area (Å²) in [5, 5.41) is 0.687. The molecule has 1 unspecified atom stereocenters. The van der Waals surface area contributed by atoms with E-state index in [1.54, 1.807) is 21.1 Å². The van der Waals surface area contributed by atoms with Crippen molar-refractivity contribution in [2.75, 3.05) is 14.2 Å². The summed E-state index contributed by atoms with van der Waals surface area (Å²) >= 11 is 12.1. The molecular weight excluding hydrogens is 299 g/mol. The molecular formula is C14H22Cl2N2O2. The van der Waals surface area contributed by atoms with Gasteiger partial charge in [-0.1, -0.05) is 24.6 Å². The molecule has 0 aliphatic rings. The number of ether oxygens (including phenoxy) is 2. The Balaban J connectivity index is 4.97. The third-order valence-electron chi connectivity index (χ3n) is 2.52. The van der Waals surface area contributed by atoms with Gasteiger partial charge in [0.2, 0.25) is 5.29 Å². The molecule has 0 fully saturated rings. The molecule has 4 nitrogen and oxygen atoms in total. The number of nitrogens with zero attached hydrogens (tertiary/aromatic N) is 2. The Labute approximate surface area is 131 Å². The van der Waals surface area contributed by atoms with Crippen LogP contribution >= 0.6 is 23.2 Å². The van der Waals surface area contributed by atoms with Crippen LogP contribution in [0.2, 0.25) is 0 Å². The fourth-order valence-corrected chi connectivity index (χ4v) is 1.71. The second-order valence-electron chi connectivity index (χ2n) is 3.91. The van der Waals surface area contributed by atoms with E-state index in [0.717, 1.165) is 12.1 Å². The number of halogens is 2. The van der Waals surface area contributed by atoms with Crippen molar-refractivity contribution in [3.05, 3.63) is 22.9 Å². The molecule has 0 heterocycles. The molecule has 0 rings (SSSR count). The maximum absolute atomic E-state index is 6.09. The lowest BCUT2D eigenvalue weighted by Gasteiger charge is -2.11. The molecule has 0 aromatic rings. The second kappa shape index (κ2) is 10.9. The first-order chi connectivity index (χ1) is 9.48. The summed E-state index contributed by atoms with van der Waals surface area (Å²) < 4.78 is 10.3. The van der Waals surface area contributed by atoms with Crippen LogP contribution in [-0.2, 0) is 9.47 Å². The van der Waals surface area contributed by atoms with Gasteiger partial charge in [-0.15, -0.1) is 0 Å². The highest BCUT2D eigenvalue weighted by atomic mass is 35.5. The molecule has 6 heteroatoms. The molecule has 0 amide bonds. The lowest BCUT2D eigenvalue weighted by Crippen LogP contribution is -2.10. The van der Waals surface area contributed by atoms with Crippen molar-refractivity contribution in [2.45, 2.75) is 39.8 Å². The lowest BCUT2D eigenvalue weighted by molar-refractivity contribution is 0.111. The van der Waals surface area contributed by atoms with Crippen LogP contribution in [0.25, 0.3) is 0 Å². The summed E-state index contributed by atoms with van der Waals surface area (Å²) in [6, 6.07) is 0. The lowest BCUT2D eigenvalue weighted by atomic mass is 10.3. The zero-order valence-electron chi connectivity index (χ0n) is 12.6. The third kappa shape index (κ3) is 7.68. The quantitative estimate of drug-likeness (QED) is 0.300. The molecule has 0 aliphatic carbocycles. The molecule has 0 radical (unpaired) electrons. The molecule has 0 N–H and O–H groups in total. The van der Waals surface area contributed by atoms with Crippen molar-refractivity contribution >= 4 is 34.2 Å². The van der Waals surface area contributed by atoms with Gasteiger partial charge < -0.3 is 9.47 Å². The summed E-state index contributed by atoms with van der Waals surface area (Å²) in [5.74, 6) is 0.631. The Bertz CT molecular complexity index is 415. The van der Waals surface area contributed by atoms with Gasteiger partial charge in [0, 0.05) is 19.2 Å². The Morgan fingerprint density at radius 3 is 2.40 bits per heavy atom. The zero-order valence-corrected chi connectivity index (χ0v) is 14.1. The Morgan fingerprint density at radius 2 is 1.95 bits per heavy atom. The maximum atomic E-state index is 6.09. The van der Waals surface area contributed by atoms with Gasteiger partial charge in [0.15, 0.2) is 6.23 Å². The molecule has 0 saturated heterocycles. The number of hydrogen-bond donors (Lipinski definition) is 0. The van der Waals surface area contributed by atoms with Gasteiger partial charge in [0.25, 0.3) is 0 Å². The number of rotatable bonds is 7. The molecule has 0 saturated carbocycles. The van der Waals surface area contributed by atoms with Crippen LogP contribution in [0.15, 0.2) is 32.9 Å². The molecule has 0 aromatic heterocycles. The molecule has 1 atom stereocenters. The number of hydrogen-bond acceptors (Lipinski definition) is 3. The fraction of sp³-hybridized carbons (Fsp3) is 0.571. The smallest absolute Gasteiger partial charge is 0.220 e. The van der Waals surface area contributed by atoms with Crippen LogP contribution < -0.4 is 0 Å². The predicted octanol–water partition coefficient (Wildman–Crippen LogP) is 4.49. The van der Waals surface area contributed by atoms with Gasteiger partial charge in [0.1, 0.15) is 5.76 Å². The number of allylic oxidation sites excluding steroid dienone is 3. The van der Waals surface area contributed by atoms with E-state index in [2.05, 4.69) is 9.98 Å². The summed E-state index contributed by atoms with van der Waals surface area (Å²) in [4.78, 5) is 8.41. The SMILES string of the molecule is C/C=C\C(CC)=NC(Cl)=NC(C/C(Cl)=C(\C)OC)OC. The van der Waals surface area contributed by atoms with E-state index in [0.29, 0.717) is 17.2 Å². The van der Waals surface area contributed by atoms with Crippen molar-refractivity contribution in [1.82, 2.24) is 0 Å². The molecule has 114 valence electrons. The van der Waals surface area contributed by atoms with Gasteiger partial charge in [-0.05, 0) is 37.9 Å². The zero-order chi connectivity index (χ0) is 15.5. The van der Waals surface area contributed by atoms with Crippen molar-refractivity contribution in [3.63, 3.8) is 0 Å². The van der Waals surface area contributed by atoms with Gasteiger partial charge in [-0.2, -0.15) is 0 Å². The normalized spacial score (nSPS) is 16.4. The van der Waals surface area contributed by atoms with Crippen molar-refractivity contribution in [1.29, 1.82) is 0 Å². The first-order valence-electron chi connectivity index (χ1n) is 6.34. The summed E-state index contributed by atoms with van der Waals surface area (Å²) in [5.41, 5.74) is 0.853. The maximum Gasteiger partial charge on any atom is 0.220 e. The van der Waals surface area contributed by atoms with Crippen molar-refractivity contribution in [2.24, 2.45) is 9.98 Å². The largest absolute Gasteiger partial charge is 0.500 e. The van der Waals surface area contributed by atoms with E-state index in [4.69, 9.17) is 32.7 Å². The van der Waals surface area contributed by atoms with E-state index < -0.39 is 6.23 Å². The van der Waals surface area contributed by atoms with Crippen molar-refractivity contribution < 1.29 is 9.47 Å². The van der Waals surface area contributed by atoms with Gasteiger partial charge >= 0.3 is 0 Å². The average Bonchev–Trinajstić information content (AvgIpc) is 2.44. The highest BCUT2D eigenvalue weighted by Crippen LogP contribution is 2.18. The molecule has 0 aromatic carbocycles. The standard InChI is InChI=1S/C14H22Cl2N2O2/c1-6-8-11(7-2)17-14(16)18-13(20-5)9-12(15)10(3)19-4/h6,8,13H,7,9H2,1-5H3/b8-6-,12-10-,17-11?,18-14?. The number of methoxy groups -OCH3 is 2. The summed E-state index contributed by atoms with van der Waals surface area (Å²) in [6.45, 7) is 5.70. The number of amidine groups is 1. The van der Waals surface area contributed by atoms with E-state index in [1.165, 1.54) is 0 Å². The van der Waals surface area contributed by atoms with Crippen LogP contribution in [0.1, 0.15) is 33.6 Å². The molecule has 0 aliphatic heterocycles. The summed E-state index contributed by atoms with van der Waals surface area (Å²) in [6.07, 6.45) is 4.46. The monoisotopic (exact) mass is 320 g/mol. The van der Waals surface area contributed by atoms with E-state index >= 15 is 0 Å². The van der Waals surface area contributed by atoms with Gasteiger partial charge in [-0.3, -0.25) is 0 Å². The van der Waals surface area contributed by atoms with Crippen molar-refractivity contribution in [3.8, 4) is 0 Å². The highest BCUT2D eigenvalue weighted by molar-refractivity contribution is 6.65. The van der Waals surface area contributed by atoms with Gasteiger partial charge in [-0.25, -0.2) is 9.98 Å². The fourth-order valence-electron chi connectivity index (χ4n) is 1.28. The molecule has 0 bridgehead atoms. The minimum atomic E-state index is -0.493. The molecule has 0 spiro atoms. The predicted molar refractivity (Wildman–Crippen MR) is 86.8 cm³/mol. The summed E-state index contributed by atoms with van der Waals surface area (Å²) in [7, 11) is 3.10. The Kier molecular flexibility index (Phi) is 10.4. The highest BCUT2D eigenvalue weighted by Gasteiger charge is 2.11. The topological polar surface area (TPSA) is 43.2 Å².